The Morgan fingerprint density at radius 2 is 2.00 bits per heavy atom. The van der Waals surface area contributed by atoms with Gasteiger partial charge in [0, 0.05) is 12.1 Å². The summed E-state index contributed by atoms with van der Waals surface area (Å²) in [5.74, 6) is -0.732. The van der Waals surface area contributed by atoms with Gasteiger partial charge < -0.3 is 10.1 Å². The van der Waals surface area contributed by atoms with Crippen molar-refractivity contribution in [3.63, 3.8) is 0 Å². The first-order valence-corrected chi connectivity index (χ1v) is 8.26. The highest BCUT2D eigenvalue weighted by Crippen LogP contribution is 2.29. The van der Waals surface area contributed by atoms with Crippen molar-refractivity contribution >= 4 is 10.0 Å². The van der Waals surface area contributed by atoms with Crippen LogP contribution in [-0.2, 0) is 10.0 Å². The summed E-state index contributed by atoms with van der Waals surface area (Å²) in [6.07, 6.45) is -3.80. The molecule has 124 valence electrons. The van der Waals surface area contributed by atoms with Gasteiger partial charge in [0.25, 0.3) is 0 Å². The van der Waals surface area contributed by atoms with E-state index in [4.69, 9.17) is 0 Å². The van der Waals surface area contributed by atoms with Crippen molar-refractivity contribution in [1.82, 2.24) is 10.0 Å². The first-order valence-electron chi connectivity index (χ1n) is 6.78. The van der Waals surface area contributed by atoms with Gasteiger partial charge in [-0.3, -0.25) is 0 Å². The minimum atomic E-state index is -4.95. The number of sulfonamides is 1. The molecule has 0 aliphatic carbocycles. The first-order chi connectivity index (χ1) is 10.2. The lowest BCUT2D eigenvalue weighted by Gasteiger charge is -2.28. The summed E-state index contributed by atoms with van der Waals surface area (Å²) in [5.41, 5.74) is 0. The molecule has 1 aromatic rings. The molecule has 1 aliphatic heterocycles. The van der Waals surface area contributed by atoms with Gasteiger partial charge in [0.2, 0.25) is 10.0 Å². The molecule has 1 fully saturated rings. The normalized spacial score (nSPS) is 23.3. The van der Waals surface area contributed by atoms with Gasteiger partial charge in [-0.2, -0.15) is 0 Å². The van der Waals surface area contributed by atoms with E-state index >= 15 is 0 Å². The van der Waals surface area contributed by atoms with E-state index in [1.165, 1.54) is 12.1 Å². The van der Waals surface area contributed by atoms with Crippen molar-refractivity contribution in [1.29, 1.82) is 0 Å². The molecule has 2 N–H and O–H groups in total. The second-order valence-corrected chi connectivity index (χ2v) is 6.87. The number of alkyl halides is 3. The van der Waals surface area contributed by atoms with Crippen LogP contribution in [0.25, 0.3) is 0 Å². The van der Waals surface area contributed by atoms with E-state index in [0.717, 1.165) is 12.1 Å². The van der Waals surface area contributed by atoms with Crippen LogP contribution >= 0.6 is 0 Å². The molecule has 0 bridgehead atoms. The fourth-order valence-corrected chi connectivity index (χ4v) is 3.82. The topological polar surface area (TPSA) is 67.4 Å². The van der Waals surface area contributed by atoms with Crippen LogP contribution in [0.3, 0.4) is 0 Å². The molecule has 2 atom stereocenters. The number of nitrogens with one attached hydrogen (secondary N) is 2. The quantitative estimate of drug-likeness (QED) is 0.881. The molecule has 0 amide bonds. The average Bonchev–Trinajstić information content (AvgIpc) is 2.36. The predicted octanol–water partition coefficient (Wildman–Crippen LogP) is 2.00. The minimum Gasteiger partial charge on any atom is -0.404 e. The van der Waals surface area contributed by atoms with Crippen LogP contribution in [0.5, 0.6) is 5.75 Å². The summed E-state index contributed by atoms with van der Waals surface area (Å²) in [6, 6.07) is 4.53. The van der Waals surface area contributed by atoms with E-state index < -0.39 is 27.0 Å². The van der Waals surface area contributed by atoms with Crippen LogP contribution in [0, 0.1) is 0 Å². The Morgan fingerprint density at radius 1 is 1.32 bits per heavy atom. The highest BCUT2D eigenvalue weighted by Gasteiger charge is 2.34. The number of para-hydroxylation sites is 1. The third-order valence-electron chi connectivity index (χ3n) is 3.31. The second-order valence-electron chi connectivity index (χ2n) is 5.19. The Morgan fingerprint density at radius 3 is 2.64 bits per heavy atom. The second kappa shape index (κ2) is 6.43. The summed E-state index contributed by atoms with van der Waals surface area (Å²) >= 11 is 0. The fraction of sp³-hybridized carbons (Fsp3) is 0.538. The van der Waals surface area contributed by atoms with Crippen molar-refractivity contribution < 1.29 is 26.3 Å². The summed E-state index contributed by atoms with van der Waals surface area (Å²) < 4.78 is 68.0. The van der Waals surface area contributed by atoms with Crippen LogP contribution in [0.2, 0.25) is 0 Å². The summed E-state index contributed by atoms with van der Waals surface area (Å²) in [5, 5.41) is 3.17. The van der Waals surface area contributed by atoms with Gasteiger partial charge in [-0.05, 0) is 38.4 Å². The smallest absolute Gasteiger partial charge is 0.404 e. The van der Waals surface area contributed by atoms with Crippen LogP contribution in [0.15, 0.2) is 29.2 Å². The number of benzene rings is 1. The molecule has 1 saturated heterocycles. The molecule has 22 heavy (non-hydrogen) atoms. The fourth-order valence-electron chi connectivity index (χ4n) is 2.40. The van der Waals surface area contributed by atoms with Crippen molar-refractivity contribution in [2.45, 2.75) is 43.1 Å². The summed E-state index contributed by atoms with van der Waals surface area (Å²) in [6.45, 7) is 2.57. The number of halogens is 3. The van der Waals surface area contributed by atoms with Gasteiger partial charge in [-0.25, -0.2) is 13.1 Å². The highest BCUT2D eigenvalue weighted by atomic mass is 32.2. The SMILES string of the molecule is CC1CC(NS(=O)(=O)c2ccccc2OC(F)(F)F)CCN1. The standard InChI is InChI=1S/C13H17F3N2O3S/c1-9-8-10(6-7-17-9)18-22(19,20)12-5-3-2-4-11(12)21-13(14,15)16/h2-5,9-10,17-18H,6-8H2,1H3. The van der Waals surface area contributed by atoms with Crippen molar-refractivity contribution in [3.8, 4) is 5.75 Å². The predicted molar refractivity (Wildman–Crippen MR) is 73.9 cm³/mol. The van der Waals surface area contributed by atoms with Gasteiger partial charge in [0.15, 0.2) is 0 Å². The van der Waals surface area contributed by atoms with Gasteiger partial charge in [0.05, 0.1) is 0 Å². The van der Waals surface area contributed by atoms with E-state index in [2.05, 4.69) is 14.8 Å². The summed E-state index contributed by atoms with van der Waals surface area (Å²) in [4.78, 5) is -0.515. The molecular formula is C13H17F3N2O3S. The number of hydrogen-bond acceptors (Lipinski definition) is 4. The lowest BCUT2D eigenvalue weighted by atomic mass is 10.0. The lowest BCUT2D eigenvalue weighted by Crippen LogP contribution is -2.46. The molecule has 9 heteroatoms. The number of piperidine rings is 1. The first kappa shape index (κ1) is 17.0. The molecule has 1 heterocycles. The molecule has 0 saturated carbocycles. The maximum atomic E-state index is 12.4. The summed E-state index contributed by atoms with van der Waals surface area (Å²) in [7, 11) is -4.09. The molecule has 0 radical (unpaired) electrons. The van der Waals surface area contributed by atoms with Gasteiger partial charge >= 0.3 is 6.36 Å². The molecule has 5 nitrogen and oxygen atoms in total. The molecule has 2 unspecified atom stereocenters. The van der Waals surface area contributed by atoms with Gasteiger partial charge in [0.1, 0.15) is 10.6 Å². The Kier molecular flexibility index (Phi) is 4.98. The number of ether oxygens (including phenoxy) is 1. The van der Waals surface area contributed by atoms with E-state index in [1.807, 2.05) is 6.92 Å². The maximum absolute atomic E-state index is 12.4. The van der Waals surface area contributed by atoms with E-state index in [0.29, 0.717) is 19.4 Å². The number of rotatable bonds is 4. The largest absolute Gasteiger partial charge is 0.573 e. The molecular weight excluding hydrogens is 321 g/mol. The van der Waals surface area contributed by atoms with Crippen LogP contribution in [0.1, 0.15) is 19.8 Å². The Bertz CT molecular complexity index is 619. The van der Waals surface area contributed by atoms with Crippen LogP contribution in [-0.4, -0.2) is 33.4 Å². The molecule has 0 aromatic heterocycles. The zero-order valence-corrected chi connectivity index (χ0v) is 12.7. The van der Waals surface area contributed by atoms with Gasteiger partial charge in [-0.1, -0.05) is 12.1 Å². The van der Waals surface area contributed by atoms with Crippen molar-refractivity contribution in [2.75, 3.05) is 6.54 Å². The van der Waals surface area contributed by atoms with Crippen molar-refractivity contribution in [3.05, 3.63) is 24.3 Å². The van der Waals surface area contributed by atoms with E-state index in [9.17, 15) is 21.6 Å². The Hall–Kier alpha value is -1.32. The van der Waals surface area contributed by atoms with Gasteiger partial charge in [-0.15, -0.1) is 13.2 Å². The Labute approximate surface area is 126 Å². The minimum absolute atomic E-state index is 0.142. The van der Waals surface area contributed by atoms with Crippen molar-refractivity contribution in [2.24, 2.45) is 0 Å². The van der Waals surface area contributed by atoms with Crippen LogP contribution in [0.4, 0.5) is 13.2 Å². The molecule has 1 aliphatic rings. The lowest BCUT2D eigenvalue weighted by molar-refractivity contribution is -0.275. The monoisotopic (exact) mass is 338 g/mol. The maximum Gasteiger partial charge on any atom is 0.573 e. The van der Waals surface area contributed by atoms with E-state index in [1.54, 1.807) is 0 Å². The van der Waals surface area contributed by atoms with Crippen LogP contribution < -0.4 is 14.8 Å². The zero-order valence-electron chi connectivity index (χ0n) is 11.9. The molecule has 1 aromatic carbocycles. The molecule has 0 spiro atoms. The third kappa shape index (κ3) is 4.59. The third-order valence-corrected chi connectivity index (χ3v) is 4.87. The Balaban J connectivity index is 2.22. The number of hydrogen-bond donors (Lipinski definition) is 2. The van der Waals surface area contributed by atoms with E-state index in [-0.39, 0.29) is 12.1 Å². The molecule has 2 rings (SSSR count). The zero-order chi connectivity index (χ0) is 16.4. The average molecular weight is 338 g/mol. The highest BCUT2D eigenvalue weighted by molar-refractivity contribution is 7.89.